The third-order valence-corrected chi connectivity index (χ3v) is 4.47. The summed E-state index contributed by atoms with van der Waals surface area (Å²) in [4.78, 5) is 0. The standard InChI is InChI=1S/C10H17N3O2S/c1-8-3-2-4-9(7-8)13-16(14,15)10-5-6-11-12-10/h5-6,8-9,13H,2-4,7H2,1H3,(H,11,12). The fraction of sp³-hybridized carbons (Fsp3) is 0.700. The fourth-order valence-electron chi connectivity index (χ4n) is 2.22. The van der Waals surface area contributed by atoms with Crippen LogP contribution in [0.25, 0.3) is 0 Å². The molecule has 1 aliphatic carbocycles. The van der Waals surface area contributed by atoms with Gasteiger partial charge < -0.3 is 0 Å². The molecule has 1 saturated carbocycles. The molecule has 1 aliphatic rings. The van der Waals surface area contributed by atoms with Gasteiger partial charge in [-0.3, -0.25) is 5.10 Å². The number of nitrogens with zero attached hydrogens (tertiary/aromatic N) is 1. The molecule has 90 valence electrons. The third kappa shape index (κ3) is 2.62. The predicted octanol–water partition coefficient (Wildman–Crippen LogP) is 1.27. The van der Waals surface area contributed by atoms with Gasteiger partial charge in [-0.1, -0.05) is 19.8 Å². The summed E-state index contributed by atoms with van der Waals surface area (Å²) in [6, 6.07) is 1.53. The molecular formula is C10H17N3O2S. The lowest BCUT2D eigenvalue weighted by molar-refractivity contribution is 0.327. The van der Waals surface area contributed by atoms with Gasteiger partial charge in [-0.15, -0.1) is 0 Å². The minimum Gasteiger partial charge on any atom is -0.266 e. The highest BCUT2D eigenvalue weighted by molar-refractivity contribution is 7.89. The normalized spacial score (nSPS) is 26.8. The van der Waals surface area contributed by atoms with E-state index in [1.807, 2.05) is 0 Å². The van der Waals surface area contributed by atoms with Crippen LogP contribution in [0.2, 0.25) is 0 Å². The maximum atomic E-state index is 11.9. The van der Waals surface area contributed by atoms with Crippen molar-refractivity contribution in [2.24, 2.45) is 5.92 Å². The van der Waals surface area contributed by atoms with Crippen LogP contribution in [0.1, 0.15) is 32.6 Å². The van der Waals surface area contributed by atoms with E-state index >= 15 is 0 Å². The van der Waals surface area contributed by atoms with Gasteiger partial charge in [0.05, 0.1) is 6.20 Å². The smallest absolute Gasteiger partial charge is 0.257 e. The van der Waals surface area contributed by atoms with Crippen molar-refractivity contribution < 1.29 is 8.42 Å². The first-order valence-electron chi connectivity index (χ1n) is 5.59. The molecule has 1 heterocycles. The molecule has 0 amide bonds. The van der Waals surface area contributed by atoms with Crippen LogP contribution in [-0.4, -0.2) is 24.7 Å². The van der Waals surface area contributed by atoms with Crippen molar-refractivity contribution in [2.75, 3.05) is 0 Å². The Labute approximate surface area is 95.7 Å². The first kappa shape index (κ1) is 11.6. The lowest BCUT2D eigenvalue weighted by atomic mass is 9.88. The summed E-state index contributed by atoms with van der Waals surface area (Å²) in [5.41, 5.74) is 0. The Kier molecular flexibility index (Phi) is 3.30. The van der Waals surface area contributed by atoms with E-state index in [0.717, 1.165) is 19.3 Å². The van der Waals surface area contributed by atoms with Crippen molar-refractivity contribution in [1.29, 1.82) is 0 Å². The number of nitrogens with one attached hydrogen (secondary N) is 2. The van der Waals surface area contributed by atoms with Crippen molar-refractivity contribution in [3.8, 4) is 0 Å². The second kappa shape index (κ2) is 4.55. The van der Waals surface area contributed by atoms with Crippen LogP contribution in [0, 0.1) is 5.92 Å². The van der Waals surface area contributed by atoms with E-state index in [0.29, 0.717) is 5.92 Å². The summed E-state index contributed by atoms with van der Waals surface area (Å²) in [5, 5.41) is 6.27. The number of aromatic nitrogens is 2. The third-order valence-electron chi connectivity index (χ3n) is 3.02. The molecule has 0 bridgehead atoms. The van der Waals surface area contributed by atoms with Gasteiger partial charge in [0.25, 0.3) is 10.0 Å². The van der Waals surface area contributed by atoms with Crippen LogP contribution in [0.3, 0.4) is 0 Å². The summed E-state index contributed by atoms with van der Waals surface area (Å²) >= 11 is 0. The molecule has 16 heavy (non-hydrogen) atoms. The number of sulfonamides is 1. The van der Waals surface area contributed by atoms with Crippen LogP contribution in [0.15, 0.2) is 17.3 Å². The first-order valence-corrected chi connectivity index (χ1v) is 7.08. The highest BCUT2D eigenvalue weighted by atomic mass is 32.2. The quantitative estimate of drug-likeness (QED) is 0.839. The molecule has 5 nitrogen and oxygen atoms in total. The Morgan fingerprint density at radius 2 is 2.31 bits per heavy atom. The lowest BCUT2D eigenvalue weighted by Gasteiger charge is -2.26. The molecule has 0 spiro atoms. The van der Waals surface area contributed by atoms with Gasteiger partial charge in [-0.05, 0) is 24.8 Å². The van der Waals surface area contributed by atoms with E-state index in [2.05, 4.69) is 21.8 Å². The SMILES string of the molecule is CC1CCCC(NS(=O)(=O)c2ccn[nH]2)C1. The highest BCUT2D eigenvalue weighted by Gasteiger charge is 2.25. The number of H-pyrrole nitrogens is 1. The molecule has 2 rings (SSSR count). The van der Waals surface area contributed by atoms with E-state index in [9.17, 15) is 8.42 Å². The molecular weight excluding hydrogens is 226 g/mol. The molecule has 0 radical (unpaired) electrons. The van der Waals surface area contributed by atoms with Gasteiger partial charge in [-0.25, -0.2) is 13.1 Å². The van der Waals surface area contributed by atoms with Crippen molar-refractivity contribution in [1.82, 2.24) is 14.9 Å². The minimum absolute atomic E-state index is 0.0667. The zero-order chi connectivity index (χ0) is 11.6. The van der Waals surface area contributed by atoms with E-state index in [1.54, 1.807) is 0 Å². The highest BCUT2D eigenvalue weighted by Crippen LogP contribution is 2.24. The summed E-state index contributed by atoms with van der Waals surface area (Å²) in [6.45, 7) is 2.16. The molecule has 2 unspecified atom stereocenters. The minimum atomic E-state index is -3.41. The Hall–Kier alpha value is -0.880. The molecule has 6 heteroatoms. The van der Waals surface area contributed by atoms with Crippen LogP contribution in [0.4, 0.5) is 0 Å². The van der Waals surface area contributed by atoms with E-state index in [-0.39, 0.29) is 11.1 Å². The van der Waals surface area contributed by atoms with E-state index < -0.39 is 10.0 Å². The van der Waals surface area contributed by atoms with Gasteiger partial charge in [0.15, 0.2) is 5.03 Å². The van der Waals surface area contributed by atoms with Crippen LogP contribution < -0.4 is 4.72 Å². The molecule has 0 aliphatic heterocycles. The Morgan fingerprint density at radius 3 is 2.94 bits per heavy atom. The van der Waals surface area contributed by atoms with E-state index in [4.69, 9.17) is 0 Å². The second-order valence-corrected chi connectivity index (χ2v) is 6.19. The second-order valence-electron chi connectivity index (χ2n) is 4.51. The van der Waals surface area contributed by atoms with Crippen molar-refractivity contribution in [3.63, 3.8) is 0 Å². The predicted molar refractivity (Wildman–Crippen MR) is 60.3 cm³/mol. The zero-order valence-electron chi connectivity index (χ0n) is 9.31. The van der Waals surface area contributed by atoms with Crippen LogP contribution in [-0.2, 0) is 10.0 Å². The fourth-order valence-corrected chi connectivity index (χ4v) is 3.41. The Morgan fingerprint density at radius 1 is 1.50 bits per heavy atom. The lowest BCUT2D eigenvalue weighted by Crippen LogP contribution is -2.38. The maximum absolute atomic E-state index is 11.9. The molecule has 2 N–H and O–H groups in total. The average Bonchev–Trinajstić information content (AvgIpc) is 2.69. The van der Waals surface area contributed by atoms with Gasteiger partial charge in [0.2, 0.25) is 0 Å². The van der Waals surface area contributed by atoms with Crippen molar-refractivity contribution in [3.05, 3.63) is 12.3 Å². The first-order chi connectivity index (χ1) is 7.58. The van der Waals surface area contributed by atoms with E-state index in [1.165, 1.54) is 18.7 Å². The number of hydrogen-bond donors (Lipinski definition) is 2. The molecule has 0 aromatic carbocycles. The van der Waals surface area contributed by atoms with Gasteiger partial charge >= 0.3 is 0 Å². The molecule has 0 saturated heterocycles. The Bertz CT molecular complexity index is 427. The topological polar surface area (TPSA) is 74.8 Å². The molecule has 2 atom stereocenters. The van der Waals surface area contributed by atoms with Crippen LogP contribution in [0.5, 0.6) is 0 Å². The van der Waals surface area contributed by atoms with Gasteiger partial charge in [-0.2, -0.15) is 5.10 Å². The molecule has 1 aromatic rings. The number of hydrogen-bond acceptors (Lipinski definition) is 3. The average molecular weight is 243 g/mol. The van der Waals surface area contributed by atoms with Crippen LogP contribution >= 0.6 is 0 Å². The van der Waals surface area contributed by atoms with Crippen molar-refractivity contribution >= 4 is 10.0 Å². The summed E-state index contributed by atoms with van der Waals surface area (Å²) in [6.07, 6.45) is 5.59. The number of rotatable bonds is 3. The van der Waals surface area contributed by atoms with Gasteiger partial charge in [0.1, 0.15) is 0 Å². The number of aromatic amines is 1. The summed E-state index contributed by atoms with van der Waals surface area (Å²) in [7, 11) is -3.41. The maximum Gasteiger partial charge on any atom is 0.257 e. The monoisotopic (exact) mass is 243 g/mol. The largest absolute Gasteiger partial charge is 0.266 e. The zero-order valence-corrected chi connectivity index (χ0v) is 10.1. The van der Waals surface area contributed by atoms with Crippen molar-refractivity contribution in [2.45, 2.75) is 43.7 Å². The molecule has 1 fully saturated rings. The summed E-state index contributed by atoms with van der Waals surface area (Å²) < 4.78 is 26.5. The molecule has 1 aromatic heterocycles. The summed E-state index contributed by atoms with van der Waals surface area (Å²) in [5.74, 6) is 0.600. The van der Waals surface area contributed by atoms with Gasteiger partial charge in [0, 0.05) is 6.04 Å². The Balaban J connectivity index is 2.04.